The minimum atomic E-state index is -0.302. The molecule has 0 radical (unpaired) electrons. The minimum Gasteiger partial charge on any atom is -0.293 e. The van der Waals surface area contributed by atoms with Crippen LogP contribution in [0.1, 0.15) is 30.6 Å². The van der Waals surface area contributed by atoms with Gasteiger partial charge in [-0.2, -0.15) is 11.8 Å². The number of hydrogen-bond donors (Lipinski definition) is 0. The summed E-state index contributed by atoms with van der Waals surface area (Å²) in [4.78, 5) is 11.7. The van der Waals surface area contributed by atoms with E-state index in [9.17, 15) is 9.18 Å². The molecule has 1 aromatic carbocycles. The molecular weight excluding hydrogens is 223 g/mol. The predicted molar refractivity (Wildman–Crippen MR) is 67.5 cm³/mol. The molecule has 0 atom stereocenters. The molecule has 1 nitrogen and oxygen atoms in total. The average molecular weight is 240 g/mol. The summed E-state index contributed by atoms with van der Waals surface area (Å²) in [7, 11) is 0. The second-order valence-electron chi connectivity index (χ2n) is 4.17. The van der Waals surface area contributed by atoms with Crippen molar-refractivity contribution < 1.29 is 9.18 Å². The molecule has 0 saturated carbocycles. The van der Waals surface area contributed by atoms with Gasteiger partial charge in [-0.25, -0.2) is 4.39 Å². The number of ketones is 1. The molecule has 0 aliphatic carbocycles. The van der Waals surface area contributed by atoms with Gasteiger partial charge in [0.05, 0.1) is 5.75 Å². The molecule has 1 aromatic rings. The second-order valence-corrected chi connectivity index (χ2v) is 5.27. The smallest absolute Gasteiger partial charge is 0.172 e. The van der Waals surface area contributed by atoms with Gasteiger partial charge in [0.25, 0.3) is 0 Å². The molecule has 0 aliphatic rings. The van der Waals surface area contributed by atoms with Crippen molar-refractivity contribution in [1.82, 2.24) is 0 Å². The van der Waals surface area contributed by atoms with E-state index in [-0.39, 0.29) is 11.6 Å². The lowest BCUT2D eigenvalue weighted by molar-refractivity contribution is 0.102. The quantitative estimate of drug-likeness (QED) is 0.556. The Labute approximate surface area is 100 Å². The first-order chi connectivity index (χ1) is 7.59. The predicted octanol–water partition coefficient (Wildman–Crippen LogP) is 3.79. The molecule has 16 heavy (non-hydrogen) atoms. The van der Waals surface area contributed by atoms with E-state index in [1.807, 2.05) is 0 Å². The number of hydrogen-bond acceptors (Lipinski definition) is 2. The van der Waals surface area contributed by atoms with Crippen LogP contribution in [0.15, 0.2) is 24.3 Å². The summed E-state index contributed by atoms with van der Waals surface area (Å²) < 4.78 is 12.6. The van der Waals surface area contributed by atoms with E-state index in [0.717, 1.165) is 12.2 Å². The summed E-state index contributed by atoms with van der Waals surface area (Å²) in [6.07, 6.45) is 1.13. The van der Waals surface area contributed by atoms with Gasteiger partial charge in [0.2, 0.25) is 0 Å². The van der Waals surface area contributed by atoms with Crippen molar-refractivity contribution in [2.24, 2.45) is 5.92 Å². The maximum Gasteiger partial charge on any atom is 0.172 e. The summed E-state index contributed by atoms with van der Waals surface area (Å²) in [6, 6.07) is 5.74. The Morgan fingerprint density at radius 3 is 2.50 bits per heavy atom. The Morgan fingerprint density at radius 2 is 1.94 bits per heavy atom. The van der Waals surface area contributed by atoms with Gasteiger partial charge < -0.3 is 0 Å². The fourth-order valence-corrected chi connectivity index (χ4v) is 2.34. The molecule has 0 spiro atoms. The molecule has 1 rings (SSSR count). The summed E-state index contributed by atoms with van der Waals surface area (Å²) in [5.41, 5.74) is 0.596. The highest BCUT2D eigenvalue weighted by molar-refractivity contribution is 7.99. The Balaban J connectivity index is 2.32. The summed E-state index contributed by atoms with van der Waals surface area (Å²) in [5.74, 6) is 1.94. The zero-order valence-electron chi connectivity index (χ0n) is 9.70. The first-order valence-corrected chi connectivity index (χ1v) is 6.61. The maximum absolute atomic E-state index is 12.6. The topological polar surface area (TPSA) is 17.1 Å². The first-order valence-electron chi connectivity index (χ1n) is 5.46. The Morgan fingerprint density at radius 1 is 1.31 bits per heavy atom. The third-order valence-corrected chi connectivity index (χ3v) is 3.23. The molecule has 88 valence electrons. The second kappa shape index (κ2) is 6.69. The van der Waals surface area contributed by atoms with Crippen LogP contribution in [0.5, 0.6) is 0 Å². The SMILES string of the molecule is CC(C)CCSCC(=O)c1ccc(F)cc1. The highest BCUT2D eigenvalue weighted by atomic mass is 32.2. The van der Waals surface area contributed by atoms with Crippen LogP contribution in [0.25, 0.3) is 0 Å². The van der Waals surface area contributed by atoms with Gasteiger partial charge in [0.1, 0.15) is 5.82 Å². The number of halogens is 1. The van der Waals surface area contributed by atoms with Crippen LogP contribution in [0.3, 0.4) is 0 Å². The van der Waals surface area contributed by atoms with Gasteiger partial charge in [0.15, 0.2) is 5.78 Å². The molecule has 0 saturated heterocycles. The van der Waals surface area contributed by atoms with Gasteiger partial charge >= 0.3 is 0 Å². The van der Waals surface area contributed by atoms with Crippen LogP contribution < -0.4 is 0 Å². The van der Waals surface area contributed by atoms with Crippen molar-refractivity contribution in [3.05, 3.63) is 35.6 Å². The van der Waals surface area contributed by atoms with E-state index in [4.69, 9.17) is 0 Å². The molecule has 0 heterocycles. The van der Waals surface area contributed by atoms with Gasteiger partial charge in [-0.3, -0.25) is 4.79 Å². The van der Waals surface area contributed by atoms with E-state index in [0.29, 0.717) is 17.2 Å². The number of rotatable bonds is 6. The zero-order valence-corrected chi connectivity index (χ0v) is 10.5. The number of carbonyl (C=O) groups is 1. The summed E-state index contributed by atoms with van der Waals surface area (Å²) in [5, 5.41) is 0. The zero-order chi connectivity index (χ0) is 12.0. The normalized spacial score (nSPS) is 10.8. The lowest BCUT2D eigenvalue weighted by atomic mass is 10.1. The van der Waals surface area contributed by atoms with Crippen LogP contribution in [-0.4, -0.2) is 17.3 Å². The third kappa shape index (κ3) is 4.79. The fourth-order valence-electron chi connectivity index (χ4n) is 1.20. The van der Waals surface area contributed by atoms with Crippen molar-refractivity contribution in [2.45, 2.75) is 20.3 Å². The Kier molecular flexibility index (Phi) is 5.53. The van der Waals surface area contributed by atoms with E-state index in [2.05, 4.69) is 13.8 Å². The third-order valence-electron chi connectivity index (χ3n) is 2.24. The monoisotopic (exact) mass is 240 g/mol. The van der Waals surface area contributed by atoms with Gasteiger partial charge in [-0.05, 0) is 42.4 Å². The number of thioether (sulfide) groups is 1. The van der Waals surface area contributed by atoms with Crippen LogP contribution in [0.4, 0.5) is 4.39 Å². The Bertz CT molecular complexity index is 332. The van der Waals surface area contributed by atoms with Crippen LogP contribution in [0, 0.1) is 11.7 Å². The average Bonchev–Trinajstić information content (AvgIpc) is 2.25. The molecule has 0 amide bonds. The number of benzene rings is 1. The van der Waals surface area contributed by atoms with E-state index in [1.165, 1.54) is 12.1 Å². The molecule has 0 N–H and O–H groups in total. The maximum atomic E-state index is 12.6. The lowest BCUT2D eigenvalue weighted by Gasteiger charge is -2.04. The first kappa shape index (κ1) is 13.2. The van der Waals surface area contributed by atoms with Crippen molar-refractivity contribution in [3.8, 4) is 0 Å². The molecule has 0 fully saturated rings. The van der Waals surface area contributed by atoms with Crippen LogP contribution >= 0.6 is 11.8 Å². The molecule has 0 bridgehead atoms. The largest absolute Gasteiger partial charge is 0.293 e. The minimum absolute atomic E-state index is 0.0776. The molecule has 0 unspecified atom stereocenters. The highest BCUT2D eigenvalue weighted by Crippen LogP contribution is 2.12. The fraction of sp³-hybridized carbons (Fsp3) is 0.462. The van der Waals surface area contributed by atoms with Crippen LogP contribution in [0.2, 0.25) is 0 Å². The molecule has 3 heteroatoms. The summed E-state index contributed by atoms with van der Waals surface area (Å²) >= 11 is 1.65. The van der Waals surface area contributed by atoms with Crippen LogP contribution in [-0.2, 0) is 0 Å². The molecule has 0 aromatic heterocycles. The van der Waals surface area contributed by atoms with E-state index >= 15 is 0 Å². The van der Waals surface area contributed by atoms with Crippen molar-refractivity contribution in [1.29, 1.82) is 0 Å². The van der Waals surface area contributed by atoms with Crippen molar-refractivity contribution in [2.75, 3.05) is 11.5 Å². The Hall–Kier alpha value is -0.830. The van der Waals surface area contributed by atoms with Gasteiger partial charge in [-0.1, -0.05) is 13.8 Å². The number of Topliss-reactive ketones (excluding diaryl/α,β-unsaturated/α-hetero) is 1. The van der Waals surface area contributed by atoms with E-state index < -0.39 is 0 Å². The van der Waals surface area contributed by atoms with Crippen molar-refractivity contribution >= 4 is 17.5 Å². The molecular formula is C13H17FOS. The number of carbonyl (C=O) groups excluding carboxylic acids is 1. The van der Waals surface area contributed by atoms with Crippen molar-refractivity contribution in [3.63, 3.8) is 0 Å². The molecule has 0 aliphatic heterocycles. The lowest BCUT2D eigenvalue weighted by Crippen LogP contribution is -2.03. The van der Waals surface area contributed by atoms with E-state index in [1.54, 1.807) is 23.9 Å². The summed E-state index contributed by atoms with van der Waals surface area (Å²) in [6.45, 7) is 4.34. The van der Waals surface area contributed by atoms with Gasteiger partial charge in [0, 0.05) is 5.56 Å². The highest BCUT2D eigenvalue weighted by Gasteiger charge is 2.05. The van der Waals surface area contributed by atoms with Gasteiger partial charge in [-0.15, -0.1) is 0 Å². The standard InChI is InChI=1S/C13H17FOS/c1-10(2)7-8-16-9-13(15)11-3-5-12(14)6-4-11/h3-6,10H,7-9H2,1-2H3.